The molecule has 1 saturated heterocycles. The number of nitrogens with one attached hydrogen (secondary N) is 2. The summed E-state index contributed by atoms with van der Waals surface area (Å²) < 4.78 is 11.7. The molecule has 0 aliphatic carbocycles. The summed E-state index contributed by atoms with van der Waals surface area (Å²) in [6.45, 7) is 10.1. The van der Waals surface area contributed by atoms with Gasteiger partial charge in [-0.1, -0.05) is 25.9 Å². The monoisotopic (exact) mass is 296 g/mol. The maximum atomic E-state index is 5.99. The Balaban J connectivity index is 1.95. The third-order valence-corrected chi connectivity index (χ3v) is 4.43. The van der Waals surface area contributed by atoms with Crippen LogP contribution in [0.1, 0.15) is 65.3 Å². The predicted molar refractivity (Wildman–Crippen MR) is 82.3 cm³/mol. The van der Waals surface area contributed by atoms with E-state index in [1.807, 2.05) is 6.92 Å². The van der Waals surface area contributed by atoms with Gasteiger partial charge in [-0.2, -0.15) is 0 Å². The molecule has 0 radical (unpaired) electrons. The molecule has 0 saturated carbocycles. The van der Waals surface area contributed by atoms with Crippen LogP contribution < -0.4 is 10.6 Å². The first-order valence-electron chi connectivity index (χ1n) is 8.09. The van der Waals surface area contributed by atoms with Crippen LogP contribution in [0.15, 0.2) is 4.42 Å². The second kappa shape index (κ2) is 7.22. The lowest BCUT2D eigenvalue weighted by Gasteiger charge is -2.39. The lowest BCUT2D eigenvalue weighted by molar-refractivity contribution is -0.0866. The van der Waals surface area contributed by atoms with Crippen molar-refractivity contribution in [3.05, 3.63) is 5.89 Å². The Morgan fingerprint density at radius 1 is 1.29 bits per heavy atom. The lowest BCUT2D eigenvalue weighted by atomic mass is 9.86. The summed E-state index contributed by atoms with van der Waals surface area (Å²) in [6.07, 6.45) is 4.03. The zero-order chi connectivity index (χ0) is 15.3. The molecule has 0 bridgehead atoms. The molecule has 1 aromatic rings. The van der Waals surface area contributed by atoms with Crippen molar-refractivity contribution in [3.63, 3.8) is 0 Å². The minimum absolute atomic E-state index is 0.00414. The van der Waals surface area contributed by atoms with Crippen LogP contribution in [0.4, 0.5) is 6.01 Å². The molecule has 2 N–H and O–H groups in total. The highest BCUT2D eigenvalue weighted by molar-refractivity contribution is 5.21. The minimum Gasteiger partial charge on any atom is -0.406 e. The molecule has 0 aromatic carbocycles. The van der Waals surface area contributed by atoms with Gasteiger partial charge in [0.1, 0.15) is 0 Å². The van der Waals surface area contributed by atoms with Crippen LogP contribution in [0.5, 0.6) is 0 Å². The van der Waals surface area contributed by atoms with Crippen molar-refractivity contribution in [2.45, 2.75) is 71.1 Å². The predicted octanol–water partition coefficient (Wildman–Crippen LogP) is 2.89. The van der Waals surface area contributed by atoms with Crippen LogP contribution in [0.25, 0.3) is 0 Å². The van der Waals surface area contributed by atoms with Gasteiger partial charge in [0.15, 0.2) is 0 Å². The van der Waals surface area contributed by atoms with Gasteiger partial charge in [0.2, 0.25) is 5.89 Å². The summed E-state index contributed by atoms with van der Waals surface area (Å²) in [5.74, 6) is 0.628. The number of hydrogen-bond acceptors (Lipinski definition) is 6. The molecule has 1 aromatic heterocycles. The minimum atomic E-state index is -0.00414. The molecule has 2 heterocycles. The van der Waals surface area contributed by atoms with Crippen LogP contribution in [-0.2, 0) is 4.74 Å². The number of ether oxygens (including phenoxy) is 1. The van der Waals surface area contributed by atoms with Crippen molar-refractivity contribution >= 4 is 6.01 Å². The third kappa shape index (κ3) is 3.95. The first-order valence-corrected chi connectivity index (χ1v) is 8.09. The standard InChI is InChI=1S/C15H28N4O2/c1-5-15(6-2)10-12(8-9-20-15)17-14-19-18-13(21-14)11(4)16-7-3/h11-12,16H,5-10H2,1-4H3,(H,17,19). The van der Waals surface area contributed by atoms with E-state index in [1.54, 1.807) is 0 Å². The summed E-state index contributed by atoms with van der Waals surface area (Å²) in [5.41, 5.74) is -0.00414. The maximum Gasteiger partial charge on any atom is 0.315 e. The molecule has 1 aliphatic heterocycles. The number of aromatic nitrogens is 2. The van der Waals surface area contributed by atoms with E-state index < -0.39 is 0 Å². The molecule has 1 fully saturated rings. The van der Waals surface area contributed by atoms with Crippen molar-refractivity contribution in [2.75, 3.05) is 18.5 Å². The van der Waals surface area contributed by atoms with Crippen molar-refractivity contribution in [1.29, 1.82) is 0 Å². The fourth-order valence-corrected chi connectivity index (χ4v) is 2.93. The van der Waals surface area contributed by atoms with Crippen LogP contribution >= 0.6 is 0 Å². The Morgan fingerprint density at radius 3 is 2.71 bits per heavy atom. The van der Waals surface area contributed by atoms with E-state index in [-0.39, 0.29) is 11.6 Å². The summed E-state index contributed by atoms with van der Waals surface area (Å²) in [4.78, 5) is 0. The van der Waals surface area contributed by atoms with E-state index in [4.69, 9.17) is 9.15 Å². The number of hydrogen-bond donors (Lipinski definition) is 2. The molecule has 0 amide bonds. The highest BCUT2D eigenvalue weighted by Crippen LogP contribution is 2.32. The van der Waals surface area contributed by atoms with E-state index in [1.165, 1.54) is 0 Å². The van der Waals surface area contributed by atoms with Gasteiger partial charge in [-0.3, -0.25) is 0 Å². The van der Waals surface area contributed by atoms with Gasteiger partial charge in [-0.15, -0.1) is 5.10 Å². The first-order chi connectivity index (χ1) is 10.1. The van der Waals surface area contributed by atoms with Gasteiger partial charge in [0.05, 0.1) is 11.6 Å². The topological polar surface area (TPSA) is 72.2 Å². The van der Waals surface area contributed by atoms with Gasteiger partial charge >= 0.3 is 6.01 Å². The zero-order valence-electron chi connectivity index (χ0n) is 13.6. The average molecular weight is 296 g/mol. The van der Waals surface area contributed by atoms with Crippen molar-refractivity contribution in [3.8, 4) is 0 Å². The van der Waals surface area contributed by atoms with E-state index in [9.17, 15) is 0 Å². The van der Waals surface area contributed by atoms with E-state index in [2.05, 4.69) is 41.6 Å². The number of rotatable bonds is 7. The Bertz CT molecular complexity index is 431. The Hall–Kier alpha value is -1.14. The van der Waals surface area contributed by atoms with Gasteiger partial charge in [-0.05, 0) is 39.2 Å². The SMILES string of the molecule is CCNC(C)c1nnc(NC2CCOC(CC)(CC)C2)o1. The molecule has 2 unspecified atom stereocenters. The van der Waals surface area contributed by atoms with Crippen LogP contribution in [0.2, 0.25) is 0 Å². The van der Waals surface area contributed by atoms with Gasteiger partial charge in [0.25, 0.3) is 0 Å². The molecule has 1 aliphatic rings. The molecular formula is C15H28N4O2. The van der Waals surface area contributed by atoms with Crippen LogP contribution in [0.3, 0.4) is 0 Å². The molecule has 6 nitrogen and oxygen atoms in total. The van der Waals surface area contributed by atoms with Crippen LogP contribution in [0, 0.1) is 0 Å². The molecule has 120 valence electrons. The molecule has 2 rings (SSSR count). The Kier molecular flexibility index (Phi) is 5.58. The van der Waals surface area contributed by atoms with Crippen molar-refractivity contribution in [2.24, 2.45) is 0 Å². The zero-order valence-corrected chi connectivity index (χ0v) is 13.6. The molecule has 6 heteroatoms. The normalized spacial score (nSPS) is 23.0. The van der Waals surface area contributed by atoms with Gasteiger partial charge in [0, 0.05) is 12.6 Å². The lowest BCUT2D eigenvalue weighted by Crippen LogP contribution is -2.43. The quantitative estimate of drug-likeness (QED) is 0.806. The largest absolute Gasteiger partial charge is 0.406 e. The van der Waals surface area contributed by atoms with Gasteiger partial charge < -0.3 is 19.8 Å². The van der Waals surface area contributed by atoms with Gasteiger partial charge in [-0.25, -0.2) is 0 Å². The molecular weight excluding hydrogens is 268 g/mol. The third-order valence-electron chi connectivity index (χ3n) is 4.43. The van der Waals surface area contributed by atoms with Crippen LogP contribution in [-0.4, -0.2) is 35.0 Å². The fourth-order valence-electron chi connectivity index (χ4n) is 2.93. The first kappa shape index (κ1) is 16.2. The summed E-state index contributed by atoms with van der Waals surface area (Å²) in [5, 5.41) is 14.8. The Labute approximate surface area is 127 Å². The summed E-state index contributed by atoms with van der Waals surface area (Å²) in [6, 6.07) is 0.933. The summed E-state index contributed by atoms with van der Waals surface area (Å²) in [7, 11) is 0. The van der Waals surface area contributed by atoms with Crippen molar-refractivity contribution < 1.29 is 9.15 Å². The summed E-state index contributed by atoms with van der Waals surface area (Å²) >= 11 is 0. The smallest absolute Gasteiger partial charge is 0.315 e. The molecule has 2 atom stereocenters. The fraction of sp³-hybridized carbons (Fsp3) is 0.867. The molecule has 21 heavy (non-hydrogen) atoms. The van der Waals surface area contributed by atoms with E-state index in [0.29, 0.717) is 17.9 Å². The van der Waals surface area contributed by atoms with E-state index >= 15 is 0 Å². The molecule has 0 spiro atoms. The number of nitrogens with zero attached hydrogens (tertiary/aromatic N) is 2. The second-order valence-corrected chi connectivity index (χ2v) is 5.80. The Morgan fingerprint density at radius 2 is 2.05 bits per heavy atom. The maximum absolute atomic E-state index is 5.99. The number of anilines is 1. The highest BCUT2D eigenvalue weighted by atomic mass is 16.5. The van der Waals surface area contributed by atoms with E-state index in [0.717, 1.165) is 38.8 Å². The highest BCUT2D eigenvalue weighted by Gasteiger charge is 2.35. The van der Waals surface area contributed by atoms with Crippen molar-refractivity contribution in [1.82, 2.24) is 15.5 Å². The average Bonchev–Trinajstić information content (AvgIpc) is 2.96. The second-order valence-electron chi connectivity index (χ2n) is 5.80.